The average Bonchev–Trinajstić information content (AvgIpc) is 3.38. The van der Waals surface area contributed by atoms with Crippen LogP contribution in [-0.2, 0) is 0 Å². The van der Waals surface area contributed by atoms with Gasteiger partial charge >= 0.3 is 0 Å². The van der Waals surface area contributed by atoms with E-state index in [4.69, 9.17) is 4.98 Å². The van der Waals surface area contributed by atoms with Crippen molar-refractivity contribution in [2.24, 2.45) is 0 Å². The van der Waals surface area contributed by atoms with Crippen molar-refractivity contribution in [2.75, 3.05) is 16.8 Å². The maximum atomic E-state index is 4.85. The van der Waals surface area contributed by atoms with E-state index >= 15 is 0 Å². The van der Waals surface area contributed by atoms with Crippen molar-refractivity contribution in [1.29, 1.82) is 0 Å². The fourth-order valence-electron chi connectivity index (χ4n) is 3.82. The van der Waals surface area contributed by atoms with Gasteiger partial charge < -0.3 is 10.2 Å². The summed E-state index contributed by atoms with van der Waals surface area (Å²) in [6, 6.07) is 18.9. The lowest BCUT2D eigenvalue weighted by atomic mass is 10.1. The Labute approximate surface area is 163 Å². The molecule has 3 aromatic heterocycles. The molecule has 0 amide bonds. The Morgan fingerprint density at radius 1 is 1.07 bits per heavy atom. The Morgan fingerprint density at radius 3 is 2.79 bits per heavy atom. The van der Waals surface area contributed by atoms with Crippen LogP contribution in [0.4, 0.5) is 17.3 Å². The number of imidazole rings is 1. The summed E-state index contributed by atoms with van der Waals surface area (Å²) in [5, 5.41) is 8.14. The lowest BCUT2D eigenvalue weighted by Crippen LogP contribution is -2.27. The van der Waals surface area contributed by atoms with Crippen molar-refractivity contribution in [3.05, 3.63) is 67.0 Å². The lowest BCUT2D eigenvalue weighted by molar-refractivity contribution is 0.727. The minimum absolute atomic E-state index is 0.535. The molecule has 140 valence electrons. The van der Waals surface area contributed by atoms with Gasteiger partial charge in [-0.3, -0.25) is 0 Å². The van der Waals surface area contributed by atoms with Crippen molar-refractivity contribution >= 4 is 23.0 Å². The van der Waals surface area contributed by atoms with Crippen molar-refractivity contribution < 1.29 is 0 Å². The summed E-state index contributed by atoms with van der Waals surface area (Å²) < 4.78 is 1.80. The highest BCUT2D eigenvalue weighted by molar-refractivity contribution is 5.77. The number of rotatable bonds is 4. The van der Waals surface area contributed by atoms with Crippen LogP contribution in [0.1, 0.15) is 19.8 Å². The maximum absolute atomic E-state index is 4.85. The van der Waals surface area contributed by atoms with E-state index in [1.165, 1.54) is 12.8 Å². The van der Waals surface area contributed by atoms with Gasteiger partial charge in [-0.25, -0.2) is 14.5 Å². The van der Waals surface area contributed by atoms with Crippen molar-refractivity contribution in [3.63, 3.8) is 0 Å². The Morgan fingerprint density at radius 2 is 1.96 bits per heavy atom. The fraction of sp³-hybridized carbons (Fsp3) is 0.227. The predicted octanol–water partition coefficient (Wildman–Crippen LogP) is 4.52. The molecule has 28 heavy (non-hydrogen) atoms. The number of nitrogens with one attached hydrogen (secondary N) is 1. The molecule has 5 rings (SSSR count). The number of nitrogens with zero attached hydrogens (tertiary/aromatic N) is 5. The Balaban J connectivity index is 1.52. The molecule has 0 saturated carbocycles. The van der Waals surface area contributed by atoms with Crippen molar-refractivity contribution in [3.8, 4) is 11.3 Å². The molecule has 6 nitrogen and oxygen atoms in total. The number of pyridine rings is 1. The SMILES string of the molecule is C[C@H]1CCCN1c1cccc(Nc2cc(-c3ccccc3)nn3ccnc23)n1. The molecule has 1 N–H and O–H groups in total. The van der Waals surface area contributed by atoms with E-state index < -0.39 is 0 Å². The number of benzene rings is 1. The van der Waals surface area contributed by atoms with Crippen molar-refractivity contribution in [2.45, 2.75) is 25.8 Å². The first-order valence-electron chi connectivity index (χ1n) is 9.68. The van der Waals surface area contributed by atoms with Crippen LogP contribution < -0.4 is 10.2 Å². The van der Waals surface area contributed by atoms with Gasteiger partial charge in [0.2, 0.25) is 0 Å². The minimum Gasteiger partial charge on any atom is -0.354 e. The predicted molar refractivity (Wildman–Crippen MR) is 112 cm³/mol. The Bertz CT molecular complexity index is 1100. The number of fused-ring (bicyclic) bond motifs is 1. The summed E-state index contributed by atoms with van der Waals surface area (Å²) in [6.07, 6.45) is 6.07. The largest absolute Gasteiger partial charge is 0.354 e. The lowest BCUT2D eigenvalue weighted by Gasteiger charge is -2.23. The highest BCUT2D eigenvalue weighted by Gasteiger charge is 2.21. The van der Waals surface area contributed by atoms with Gasteiger partial charge in [0.05, 0.1) is 11.4 Å². The van der Waals surface area contributed by atoms with E-state index in [1.807, 2.05) is 36.5 Å². The first kappa shape index (κ1) is 16.7. The second-order valence-corrected chi connectivity index (χ2v) is 7.20. The summed E-state index contributed by atoms with van der Waals surface area (Å²) >= 11 is 0. The van der Waals surface area contributed by atoms with Gasteiger partial charge in [0.1, 0.15) is 11.6 Å². The first-order valence-corrected chi connectivity index (χ1v) is 9.68. The van der Waals surface area contributed by atoms with Crippen LogP contribution in [0.3, 0.4) is 0 Å². The number of hydrogen-bond donors (Lipinski definition) is 1. The molecule has 0 spiro atoms. The number of anilines is 3. The van der Waals surface area contributed by atoms with E-state index in [2.05, 4.69) is 51.5 Å². The van der Waals surface area contributed by atoms with Crippen LogP contribution in [0.25, 0.3) is 16.9 Å². The van der Waals surface area contributed by atoms with E-state index in [1.54, 1.807) is 10.7 Å². The minimum atomic E-state index is 0.535. The van der Waals surface area contributed by atoms with E-state index in [0.29, 0.717) is 6.04 Å². The molecule has 1 atom stereocenters. The molecule has 1 saturated heterocycles. The fourth-order valence-corrected chi connectivity index (χ4v) is 3.82. The summed E-state index contributed by atoms with van der Waals surface area (Å²) in [7, 11) is 0. The average molecular weight is 370 g/mol. The van der Waals surface area contributed by atoms with Crippen molar-refractivity contribution in [1.82, 2.24) is 19.6 Å². The van der Waals surface area contributed by atoms with Gasteiger partial charge in [-0.15, -0.1) is 0 Å². The molecule has 0 bridgehead atoms. The van der Waals surface area contributed by atoms with Crippen LogP contribution in [0, 0.1) is 0 Å². The summed E-state index contributed by atoms with van der Waals surface area (Å²) in [4.78, 5) is 11.7. The second-order valence-electron chi connectivity index (χ2n) is 7.20. The zero-order valence-electron chi connectivity index (χ0n) is 15.8. The van der Waals surface area contributed by atoms with Gasteiger partial charge in [0.15, 0.2) is 5.65 Å². The van der Waals surface area contributed by atoms with Crippen LogP contribution >= 0.6 is 0 Å². The van der Waals surface area contributed by atoms with Crippen LogP contribution in [-0.4, -0.2) is 32.2 Å². The smallest absolute Gasteiger partial charge is 0.177 e. The molecule has 1 aromatic carbocycles. The third kappa shape index (κ3) is 3.07. The molecular formula is C22H22N6. The zero-order valence-corrected chi connectivity index (χ0v) is 15.8. The van der Waals surface area contributed by atoms with E-state index in [0.717, 1.165) is 40.8 Å². The van der Waals surface area contributed by atoms with E-state index in [-0.39, 0.29) is 0 Å². The molecule has 0 aliphatic carbocycles. The van der Waals surface area contributed by atoms with Gasteiger partial charge in [0.25, 0.3) is 0 Å². The first-order chi connectivity index (χ1) is 13.8. The van der Waals surface area contributed by atoms with Gasteiger partial charge in [0, 0.05) is 30.5 Å². The molecule has 0 radical (unpaired) electrons. The normalized spacial score (nSPS) is 16.6. The van der Waals surface area contributed by atoms with E-state index in [9.17, 15) is 0 Å². The Kier molecular flexibility index (Phi) is 4.16. The van der Waals surface area contributed by atoms with Gasteiger partial charge in [-0.1, -0.05) is 36.4 Å². The highest BCUT2D eigenvalue weighted by Crippen LogP contribution is 2.28. The van der Waals surface area contributed by atoms with Gasteiger partial charge in [-0.2, -0.15) is 5.10 Å². The van der Waals surface area contributed by atoms with Crippen LogP contribution in [0.2, 0.25) is 0 Å². The summed E-state index contributed by atoms with van der Waals surface area (Å²) in [5.41, 5.74) is 3.62. The Hall–Kier alpha value is -3.41. The molecular weight excluding hydrogens is 348 g/mol. The third-order valence-corrected chi connectivity index (χ3v) is 5.27. The molecule has 0 unspecified atom stereocenters. The summed E-state index contributed by atoms with van der Waals surface area (Å²) in [5.74, 6) is 1.83. The monoisotopic (exact) mass is 370 g/mol. The third-order valence-electron chi connectivity index (χ3n) is 5.27. The quantitative estimate of drug-likeness (QED) is 0.572. The van der Waals surface area contributed by atoms with Crippen LogP contribution in [0.5, 0.6) is 0 Å². The number of aromatic nitrogens is 4. The molecule has 1 aliphatic rings. The number of hydrogen-bond acceptors (Lipinski definition) is 5. The summed E-state index contributed by atoms with van der Waals surface area (Å²) in [6.45, 7) is 3.33. The zero-order chi connectivity index (χ0) is 18.9. The molecule has 1 fully saturated rings. The molecule has 6 heteroatoms. The molecule has 1 aliphatic heterocycles. The maximum Gasteiger partial charge on any atom is 0.177 e. The van der Waals surface area contributed by atoms with Crippen LogP contribution in [0.15, 0.2) is 67.0 Å². The topological polar surface area (TPSA) is 58.4 Å². The molecule has 4 heterocycles. The van der Waals surface area contributed by atoms with Gasteiger partial charge in [-0.05, 0) is 38.0 Å². The standard InChI is InChI=1S/C22H22N6/c1-16-7-6-13-27(16)21-11-5-10-20(25-21)24-19-15-18(17-8-3-2-4-9-17)26-28-14-12-23-22(19)28/h2-5,8-12,14-16H,6-7,13H2,1H3,(H,24,25)/t16-/m0/s1. The highest BCUT2D eigenvalue weighted by atomic mass is 15.3. The molecule has 4 aromatic rings. The second kappa shape index (κ2) is 6.96.